The Labute approximate surface area is 107 Å². The molecule has 1 rings (SSSR count). The van der Waals surface area contributed by atoms with Crippen LogP contribution in [0.25, 0.3) is 0 Å². The number of hydrogen-bond acceptors (Lipinski definition) is 1. The van der Waals surface area contributed by atoms with Crippen molar-refractivity contribution in [3.05, 3.63) is 30.6 Å². The van der Waals surface area contributed by atoms with Gasteiger partial charge in [0.05, 0.1) is 12.7 Å². The van der Waals surface area contributed by atoms with E-state index in [1.807, 2.05) is 0 Å². The van der Waals surface area contributed by atoms with Crippen LogP contribution in [-0.2, 0) is 0 Å². The predicted molar refractivity (Wildman–Crippen MR) is 71.7 cm³/mol. The van der Waals surface area contributed by atoms with Gasteiger partial charge in [0.15, 0.2) is 0 Å². The first-order valence-electron chi connectivity index (χ1n) is 6.77. The summed E-state index contributed by atoms with van der Waals surface area (Å²) in [5, 5.41) is 6.25. The third kappa shape index (κ3) is 8.71. The van der Waals surface area contributed by atoms with Gasteiger partial charge in [0.2, 0.25) is 0 Å². The summed E-state index contributed by atoms with van der Waals surface area (Å²) in [4.78, 5) is 1.53. The number of allylic oxidation sites excluding steroid dienone is 2. The Hall–Kier alpha value is -1.07. The molecule has 0 bridgehead atoms. The summed E-state index contributed by atoms with van der Waals surface area (Å²) >= 11 is 0. The van der Waals surface area contributed by atoms with Gasteiger partial charge in [-0.3, -0.25) is 4.90 Å². The molecule has 0 amide bonds. The van der Waals surface area contributed by atoms with Crippen molar-refractivity contribution in [2.24, 2.45) is 0 Å². The third-order valence-electron chi connectivity index (χ3n) is 3.04. The SMILES string of the molecule is CCCCCCCCC[NH+]1C=CC(C)=C1.[C-]#N. The summed E-state index contributed by atoms with van der Waals surface area (Å²) in [6.45, 7) is 10.5. The minimum Gasteiger partial charge on any atom is -0.512 e. The molecule has 1 heterocycles. The predicted octanol–water partition coefficient (Wildman–Crippen LogP) is 3.15. The van der Waals surface area contributed by atoms with Crippen LogP contribution in [0.3, 0.4) is 0 Å². The molecular formula is C15H26N2. The molecule has 1 N–H and O–H groups in total. The number of hydrogen-bond donors (Lipinski definition) is 1. The van der Waals surface area contributed by atoms with Crippen LogP contribution < -0.4 is 4.90 Å². The highest BCUT2D eigenvalue weighted by Crippen LogP contribution is 2.06. The smallest absolute Gasteiger partial charge is 0.102 e. The lowest BCUT2D eigenvalue weighted by Crippen LogP contribution is -3.01. The van der Waals surface area contributed by atoms with Gasteiger partial charge in [-0.25, -0.2) is 0 Å². The zero-order valence-corrected chi connectivity index (χ0v) is 11.3. The lowest BCUT2D eigenvalue weighted by atomic mass is 10.1. The zero-order chi connectivity index (χ0) is 12.9. The van der Waals surface area contributed by atoms with Crippen molar-refractivity contribution in [1.29, 1.82) is 5.26 Å². The van der Waals surface area contributed by atoms with Crippen LogP contribution in [0.1, 0.15) is 58.8 Å². The van der Waals surface area contributed by atoms with Crippen molar-refractivity contribution >= 4 is 0 Å². The second-order valence-corrected chi connectivity index (χ2v) is 4.67. The van der Waals surface area contributed by atoms with Crippen LogP contribution >= 0.6 is 0 Å². The van der Waals surface area contributed by atoms with Crippen LogP contribution in [0.15, 0.2) is 24.0 Å². The molecule has 96 valence electrons. The number of quaternary nitrogens is 1. The highest BCUT2D eigenvalue weighted by Gasteiger charge is 2.06. The van der Waals surface area contributed by atoms with Crippen LogP contribution in [0.2, 0.25) is 0 Å². The fraction of sp³-hybridized carbons (Fsp3) is 0.667. The van der Waals surface area contributed by atoms with E-state index in [9.17, 15) is 0 Å². The normalized spacial score (nSPS) is 17.4. The van der Waals surface area contributed by atoms with Crippen LogP contribution in [0.4, 0.5) is 0 Å². The van der Waals surface area contributed by atoms with Crippen molar-refractivity contribution in [1.82, 2.24) is 0 Å². The molecular weight excluding hydrogens is 208 g/mol. The van der Waals surface area contributed by atoms with Gasteiger partial charge >= 0.3 is 0 Å². The number of nitrogens with one attached hydrogen (secondary N) is 1. The molecule has 1 aliphatic heterocycles. The maximum absolute atomic E-state index is 6.25. The van der Waals surface area contributed by atoms with Crippen molar-refractivity contribution in [2.45, 2.75) is 58.8 Å². The largest absolute Gasteiger partial charge is 0.512 e. The fourth-order valence-electron chi connectivity index (χ4n) is 2.07. The van der Waals surface area contributed by atoms with E-state index in [1.54, 1.807) is 0 Å². The maximum atomic E-state index is 6.25. The Morgan fingerprint density at radius 3 is 2.18 bits per heavy atom. The van der Waals surface area contributed by atoms with Crippen LogP contribution in [0, 0.1) is 11.8 Å². The van der Waals surface area contributed by atoms with E-state index in [-0.39, 0.29) is 0 Å². The number of nitrogens with zero attached hydrogens (tertiary/aromatic N) is 1. The van der Waals surface area contributed by atoms with E-state index in [1.165, 1.54) is 62.0 Å². The van der Waals surface area contributed by atoms with Gasteiger partial charge < -0.3 is 11.8 Å². The van der Waals surface area contributed by atoms with E-state index in [0.717, 1.165) is 0 Å². The van der Waals surface area contributed by atoms with Gasteiger partial charge in [0, 0.05) is 5.57 Å². The molecule has 0 saturated heterocycles. The molecule has 2 nitrogen and oxygen atoms in total. The molecule has 0 aromatic rings. The van der Waals surface area contributed by atoms with Gasteiger partial charge in [-0.05, 0) is 25.8 Å². The van der Waals surface area contributed by atoms with Crippen LogP contribution in [0.5, 0.6) is 0 Å². The van der Waals surface area contributed by atoms with E-state index < -0.39 is 0 Å². The Balaban J connectivity index is 0.00000121. The molecule has 0 aromatic carbocycles. The minimum absolute atomic E-state index is 1.28. The van der Waals surface area contributed by atoms with Gasteiger partial charge in [-0.15, -0.1) is 0 Å². The first-order valence-corrected chi connectivity index (χ1v) is 6.77. The lowest BCUT2D eigenvalue weighted by Gasteiger charge is -2.06. The highest BCUT2D eigenvalue weighted by molar-refractivity contribution is 5.14. The van der Waals surface area contributed by atoms with E-state index in [4.69, 9.17) is 11.8 Å². The molecule has 0 saturated carbocycles. The Morgan fingerprint density at radius 2 is 1.65 bits per heavy atom. The summed E-state index contributed by atoms with van der Waals surface area (Å²) in [6.07, 6.45) is 16.7. The Bertz CT molecular complexity index is 251. The van der Waals surface area contributed by atoms with Crippen molar-refractivity contribution in [3.63, 3.8) is 0 Å². The van der Waals surface area contributed by atoms with E-state index >= 15 is 0 Å². The molecule has 1 atom stereocenters. The number of rotatable bonds is 8. The second kappa shape index (κ2) is 11.4. The monoisotopic (exact) mass is 234 g/mol. The van der Waals surface area contributed by atoms with Gasteiger partial charge in [-0.1, -0.05) is 39.0 Å². The molecule has 17 heavy (non-hydrogen) atoms. The number of unbranched alkanes of at least 4 members (excludes halogenated alkanes) is 6. The van der Waals surface area contributed by atoms with E-state index in [2.05, 4.69) is 32.3 Å². The molecule has 1 unspecified atom stereocenters. The second-order valence-electron chi connectivity index (χ2n) is 4.67. The van der Waals surface area contributed by atoms with Crippen molar-refractivity contribution < 1.29 is 4.90 Å². The first kappa shape index (κ1) is 15.9. The van der Waals surface area contributed by atoms with Gasteiger partial charge in [0.1, 0.15) is 6.20 Å². The molecule has 0 spiro atoms. The highest BCUT2D eigenvalue weighted by atomic mass is 15.1. The average Bonchev–Trinajstić information content (AvgIpc) is 2.77. The van der Waals surface area contributed by atoms with E-state index in [0.29, 0.717) is 0 Å². The van der Waals surface area contributed by atoms with Gasteiger partial charge in [0.25, 0.3) is 0 Å². The molecule has 0 aromatic heterocycles. The summed E-state index contributed by atoms with van der Waals surface area (Å²) in [5.74, 6) is 0. The molecule has 0 fully saturated rings. The standard InChI is InChI=1S/C14H25N.CN/c1-3-4-5-6-7-8-9-11-15-12-10-14(2)13-15;1-2/h10,12-13H,3-9,11H2,1-2H3;/q;-1/p+1. The lowest BCUT2D eigenvalue weighted by molar-refractivity contribution is -0.788. The first-order chi connectivity index (χ1) is 8.33. The Kier molecular flexibility index (Phi) is 10.7. The minimum atomic E-state index is 1.28. The summed E-state index contributed by atoms with van der Waals surface area (Å²) in [7, 11) is 0. The molecule has 1 aliphatic rings. The quantitative estimate of drug-likeness (QED) is 0.507. The summed E-state index contributed by atoms with van der Waals surface area (Å²) in [6, 6.07) is 0. The maximum Gasteiger partial charge on any atom is 0.102 e. The fourth-order valence-corrected chi connectivity index (χ4v) is 2.07. The van der Waals surface area contributed by atoms with Gasteiger partial charge in [-0.2, -0.15) is 0 Å². The third-order valence-corrected chi connectivity index (χ3v) is 3.04. The molecule has 2 heteroatoms. The average molecular weight is 234 g/mol. The Morgan fingerprint density at radius 1 is 1.06 bits per heavy atom. The van der Waals surface area contributed by atoms with Crippen molar-refractivity contribution in [2.75, 3.05) is 6.54 Å². The zero-order valence-electron chi connectivity index (χ0n) is 11.3. The van der Waals surface area contributed by atoms with Crippen molar-refractivity contribution in [3.8, 4) is 0 Å². The topological polar surface area (TPSA) is 28.2 Å². The summed E-state index contributed by atoms with van der Waals surface area (Å²) < 4.78 is 0. The molecule has 0 aliphatic carbocycles. The summed E-state index contributed by atoms with van der Waals surface area (Å²) in [5.41, 5.74) is 1.41. The molecule has 0 radical (unpaired) electrons. The van der Waals surface area contributed by atoms with Crippen LogP contribution in [-0.4, -0.2) is 6.54 Å².